The van der Waals surface area contributed by atoms with Crippen LogP contribution < -0.4 is 4.90 Å². The minimum atomic E-state index is 1.11. The van der Waals surface area contributed by atoms with Gasteiger partial charge in [0.1, 0.15) is 0 Å². The Bertz CT molecular complexity index is 2910. The van der Waals surface area contributed by atoms with E-state index in [2.05, 4.69) is 217 Å². The summed E-state index contributed by atoms with van der Waals surface area (Å²) in [6, 6.07) is 77.0. The molecule has 0 bridgehead atoms. The van der Waals surface area contributed by atoms with Crippen molar-refractivity contribution in [3.63, 3.8) is 0 Å². The number of nitrogens with zero attached hydrogens (tertiary/aromatic N) is 1. The van der Waals surface area contributed by atoms with Crippen LogP contribution in [0.1, 0.15) is 0 Å². The molecule has 9 aromatic carbocycles. The van der Waals surface area contributed by atoms with Gasteiger partial charge >= 0.3 is 0 Å². The molecule has 0 spiro atoms. The number of para-hydroxylation sites is 1. The van der Waals surface area contributed by atoms with Gasteiger partial charge in [0.25, 0.3) is 0 Å². The summed E-state index contributed by atoms with van der Waals surface area (Å²) in [5.74, 6) is 0. The van der Waals surface area contributed by atoms with Crippen LogP contribution in [0.25, 0.3) is 75.5 Å². The summed E-state index contributed by atoms with van der Waals surface area (Å²) < 4.78 is 2.56. The van der Waals surface area contributed by atoms with Gasteiger partial charge < -0.3 is 4.90 Å². The van der Waals surface area contributed by atoms with Gasteiger partial charge in [-0.2, -0.15) is 0 Å². The van der Waals surface area contributed by atoms with Crippen molar-refractivity contribution in [2.75, 3.05) is 4.90 Å². The predicted molar refractivity (Wildman–Crippen MR) is 233 cm³/mol. The molecule has 1 nitrogen and oxygen atoms in total. The fraction of sp³-hybridized carbons (Fsp3) is 0. The summed E-state index contributed by atoms with van der Waals surface area (Å²) in [6.45, 7) is 0. The lowest BCUT2D eigenvalue weighted by atomic mass is 9.96. The molecule has 0 aliphatic heterocycles. The summed E-state index contributed by atoms with van der Waals surface area (Å²) in [4.78, 5) is 2.47. The second kappa shape index (κ2) is 13.7. The van der Waals surface area contributed by atoms with Gasteiger partial charge in [0.05, 0.1) is 16.1 Å². The molecule has 54 heavy (non-hydrogen) atoms. The van der Waals surface area contributed by atoms with Crippen LogP contribution in [-0.4, -0.2) is 0 Å². The van der Waals surface area contributed by atoms with Gasteiger partial charge in [-0.3, -0.25) is 0 Å². The summed E-state index contributed by atoms with van der Waals surface area (Å²) in [5.41, 5.74) is 13.1. The number of hydrogen-bond acceptors (Lipinski definition) is 2. The van der Waals surface area contributed by atoms with Crippen molar-refractivity contribution in [2.24, 2.45) is 0 Å². The Morgan fingerprint density at radius 2 is 0.889 bits per heavy atom. The first kappa shape index (κ1) is 32.0. The molecular weight excluding hydrogens is 671 g/mol. The minimum absolute atomic E-state index is 1.11. The summed E-state index contributed by atoms with van der Waals surface area (Å²) >= 11 is 1.90. The second-order valence-electron chi connectivity index (χ2n) is 13.7. The molecule has 10 aromatic rings. The lowest BCUT2D eigenvalue weighted by Crippen LogP contribution is -2.11. The maximum Gasteiger partial charge on any atom is 0.0641 e. The van der Waals surface area contributed by atoms with Gasteiger partial charge in [0.2, 0.25) is 0 Å². The third-order valence-corrected chi connectivity index (χ3v) is 11.7. The van der Waals surface area contributed by atoms with E-state index in [-0.39, 0.29) is 0 Å². The Hall–Kier alpha value is -6.74. The molecule has 0 N–H and O–H groups in total. The average molecular weight is 706 g/mol. The first-order valence-corrected chi connectivity index (χ1v) is 19.2. The van der Waals surface area contributed by atoms with Crippen molar-refractivity contribution in [1.29, 1.82) is 0 Å². The van der Waals surface area contributed by atoms with Crippen LogP contribution in [0.3, 0.4) is 0 Å². The first-order valence-electron chi connectivity index (χ1n) is 18.4. The van der Waals surface area contributed by atoms with Crippen LogP contribution >= 0.6 is 11.3 Å². The highest BCUT2D eigenvalue weighted by Crippen LogP contribution is 2.51. The number of anilines is 3. The standard InChI is InChI=1S/C52H35NS/c1-4-16-38(17-5-1)44-23-12-13-26-48(44)53(43-31-29-37(30-32-43)42-28-27-36-15-10-11-22-41(36)35-42)49-34-33-45(39-18-6-2-7-19-39)50-47-25-14-24-46(51(47)54-52(49)50)40-20-8-3-9-21-40/h1-35H. The van der Waals surface area contributed by atoms with E-state index >= 15 is 0 Å². The van der Waals surface area contributed by atoms with Crippen molar-refractivity contribution < 1.29 is 0 Å². The Morgan fingerprint density at radius 1 is 0.315 bits per heavy atom. The topological polar surface area (TPSA) is 3.24 Å². The van der Waals surface area contributed by atoms with Gasteiger partial charge in [-0.15, -0.1) is 11.3 Å². The number of benzene rings is 9. The van der Waals surface area contributed by atoms with Crippen molar-refractivity contribution in [1.82, 2.24) is 0 Å². The highest BCUT2D eigenvalue weighted by Gasteiger charge is 2.24. The fourth-order valence-electron chi connectivity index (χ4n) is 7.88. The van der Waals surface area contributed by atoms with Gasteiger partial charge in [0.15, 0.2) is 0 Å². The van der Waals surface area contributed by atoms with E-state index in [1.807, 2.05) is 11.3 Å². The van der Waals surface area contributed by atoms with E-state index in [0.29, 0.717) is 0 Å². The van der Waals surface area contributed by atoms with Crippen LogP contribution in [0, 0.1) is 0 Å². The quantitative estimate of drug-likeness (QED) is 0.160. The smallest absolute Gasteiger partial charge is 0.0641 e. The van der Waals surface area contributed by atoms with Crippen molar-refractivity contribution in [3.8, 4) is 44.5 Å². The van der Waals surface area contributed by atoms with E-state index in [0.717, 1.165) is 17.1 Å². The Balaban J connectivity index is 1.23. The van der Waals surface area contributed by atoms with Crippen molar-refractivity contribution in [2.45, 2.75) is 0 Å². The molecule has 254 valence electrons. The zero-order chi connectivity index (χ0) is 35.8. The molecule has 0 radical (unpaired) electrons. The lowest BCUT2D eigenvalue weighted by molar-refractivity contribution is 1.30. The maximum atomic E-state index is 2.47. The molecular formula is C52H35NS. The van der Waals surface area contributed by atoms with E-state index in [1.165, 1.54) is 75.5 Å². The van der Waals surface area contributed by atoms with Crippen LogP contribution in [-0.2, 0) is 0 Å². The Kier molecular flexibility index (Phi) is 8.09. The number of rotatable bonds is 7. The van der Waals surface area contributed by atoms with Crippen molar-refractivity contribution in [3.05, 3.63) is 212 Å². The molecule has 0 fully saturated rings. The summed E-state index contributed by atoms with van der Waals surface area (Å²) in [6.07, 6.45) is 0. The third kappa shape index (κ3) is 5.65. The normalized spacial score (nSPS) is 11.3. The summed E-state index contributed by atoms with van der Waals surface area (Å²) in [7, 11) is 0. The monoisotopic (exact) mass is 705 g/mol. The van der Waals surface area contributed by atoms with E-state index in [9.17, 15) is 0 Å². The van der Waals surface area contributed by atoms with Crippen LogP contribution in [0.15, 0.2) is 212 Å². The molecule has 0 amide bonds. The molecule has 1 heterocycles. The Labute approximate surface area is 319 Å². The fourth-order valence-corrected chi connectivity index (χ4v) is 9.24. The molecule has 0 aliphatic rings. The number of hydrogen-bond donors (Lipinski definition) is 0. The molecule has 1 aromatic heterocycles. The van der Waals surface area contributed by atoms with Crippen LogP contribution in [0.5, 0.6) is 0 Å². The lowest BCUT2D eigenvalue weighted by Gasteiger charge is -2.29. The first-order chi connectivity index (χ1) is 26.8. The molecule has 0 saturated heterocycles. The number of fused-ring (bicyclic) bond motifs is 4. The highest BCUT2D eigenvalue weighted by atomic mass is 32.1. The minimum Gasteiger partial charge on any atom is -0.308 e. The maximum absolute atomic E-state index is 2.47. The van der Waals surface area contributed by atoms with Crippen molar-refractivity contribution >= 4 is 59.3 Å². The van der Waals surface area contributed by atoms with Gasteiger partial charge in [-0.1, -0.05) is 182 Å². The molecule has 0 atom stereocenters. The average Bonchev–Trinajstić information content (AvgIpc) is 3.65. The van der Waals surface area contributed by atoms with E-state index in [4.69, 9.17) is 0 Å². The number of thiophene rings is 1. The molecule has 2 heteroatoms. The largest absolute Gasteiger partial charge is 0.308 e. The molecule has 0 aliphatic carbocycles. The zero-order valence-electron chi connectivity index (χ0n) is 29.6. The second-order valence-corrected chi connectivity index (χ2v) is 14.7. The molecule has 0 unspecified atom stereocenters. The van der Waals surface area contributed by atoms with E-state index in [1.54, 1.807) is 0 Å². The SMILES string of the molecule is c1ccc(-c2ccccc2N(c2ccc(-c3ccc4ccccc4c3)cc2)c2ccc(-c3ccccc3)c3c2sc2c(-c4ccccc4)cccc23)cc1. The molecule has 0 saturated carbocycles. The highest BCUT2D eigenvalue weighted by molar-refractivity contribution is 7.27. The third-order valence-electron chi connectivity index (χ3n) is 10.5. The van der Waals surface area contributed by atoms with E-state index < -0.39 is 0 Å². The Morgan fingerprint density at radius 3 is 1.61 bits per heavy atom. The van der Waals surface area contributed by atoms with Crippen LogP contribution in [0.2, 0.25) is 0 Å². The molecule has 10 rings (SSSR count). The van der Waals surface area contributed by atoms with Gasteiger partial charge in [0, 0.05) is 26.7 Å². The zero-order valence-corrected chi connectivity index (χ0v) is 30.4. The predicted octanol–water partition coefficient (Wildman–Crippen LogP) is 15.3. The van der Waals surface area contributed by atoms with Gasteiger partial charge in [-0.25, -0.2) is 0 Å². The van der Waals surface area contributed by atoms with Gasteiger partial charge in [-0.05, 0) is 80.0 Å². The van der Waals surface area contributed by atoms with Crippen LogP contribution in [0.4, 0.5) is 17.1 Å². The summed E-state index contributed by atoms with van der Waals surface area (Å²) in [5, 5.41) is 5.06.